The van der Waals surface area contributed by atoms with Crippen LogP contribution in [0.4, 0.5) is 0 Å². The summed E-state index contributed by atoms with van der Waals surface area (Å²) in [7, 11) is 5.51. The van der Waals surface area contributed by atoms with Crippen LogP contribution in [0.25, 0.3) is 0 Å². The van der Waals surface area contributed by atoms with Gasteiger partial charge in [0.1, 0.15) is 5.75 Å². The normalized spacial score (nSPS) is 10.8. The van der Waals surface area contributed by atoms with E-state index in [9.17, 15) is 0 Å². The van der Waals surface area contributed by atoms with Crippen molar-refractivity contribution in [3.05, 3.63) is 29.8 Å². The fraction of sp³-hybridized carbons (Fsp3) is 0.562. The van der Waals surface area contributed by atoms with Crippen LogP contribution >= 0.6 is 24.0 Å². The van der Waals surface area contributed by atoms with Crippen LogP contribution in [-0.4, -0.2) is 51.8 Å². The number of ether oxygens (including phenoxy) is 2. The number of aliphatic imine (C=N–C) groups is 1. The fourth-order valence-electron chi connectivity index (χ4n) is 1.98. The molecule has 0 aliphatic rings. The number of guanidine groups is 1. The van der Waals surface area contributed by atoms with Crippen LogP contribution in [-0.2, 0) is 11.3 Å². The molecule has 1 aromatic carbocycles. The van der Waals surface area contributed by atoms with Gasteiger partial charge in [0.25, 0.3) is 0 Å². The van der Waals surface area contributed by atoms with Gasteiger partial charge >= 0.3 is 0 Å². The summed E-state index contributed by atoms with van der Waals surface area (Å²) >= 11 is 0. The second kappa shape index (κ2) is 12.5. The standard InChI is InChI=1S/C16H27N3O2.HI/c1-5-21-12-6-11-18-16(17-2)19(3)13-14-7-9-15(20-4)10-8-14;/h7-10H,5-6,11-13H2,1-4H3,(H,17,18);1H. The van der Waals surface area contributed by atoms with Crippen LogP contribution in [0.3, 0.4) is 0 Å². The Morgan fingerprint density at radius 2 is 1.95 bits per heavy atom. The summed E-state index contributed by atoms with van der Waals surface area (Å²) < 4.78 is 10.5. The van der Waals surface area contributed by atoms with Gasteiger partial charge in [-0.2, -0.15) is 0 Å². The highest BCUT2D eigenvalue weighted by molar-refractivity contribution is 14.0. The van der Waals surface area contributed by atoms with Crippen LogP contribution in [0.1, 0.15) is 18.9 Å². The molecule has 1 N–H and O–H groups in total. The van der Waals surface area contributed by atoms with E-state index in [-0.39, 0.29) is 24.0 Å². The maximum atomic E-state index is 5.32. The highest BCUT2D eigenvalue weighted by Crippen LogP contribution is 2.12. The molecule has 0 fully saturated rings. The highest BCUT2D eigenvalue weighted by Gasteiger charge is 2.06. The zero-order chi connectivity index (χ0) is 15.5. The molecule has 126 valence electrons. The van der Waals surface area contributed by atoms with E-state index in [2.05, 4.69) is 27.3 Å². The summed E-state index contributed by atoms with van der Waals surface area (Å²) in [4.78, 5) is 6.40. The molecule has 0 saturated carbocycles. The molecular formula is C16H28IN3O2. The molecule has 0 atom stereocenters. The third-order valence-electron chi connectivity index (χ3n) is 3.10. The molecule has 6 heteroatoms. The molecule has 0 bridgehead atoms. The van der Waals surface area contributed by atoms with Crippen LogP contribution in [0.2, 0.25) is 0 Å². The molecule has 0 radical (unpaired) electrons. The second-order valence-corrected chi connectivity index (χ2v) is 4.73. The maximum absolute atomic E-state index is 5.32. The van der Waals surface area contributed by atoms with E-state index in [1.54, 1.807) is 14.2 Å². The Morgan fingerprint density at radius 3 is 2.50 bits per heavy atom. The Labute approximate surface area is 151 Å². The van der Waals surface area contributed by atoms with Gasteiger partial charge in [0.05, 0.1) is 7.11 Å². The average molecular weight is 421 g/mol. The van der Waals surface area contributed by atoms with Crippen molar-refractivity contribution >= 4 is 29.9 Å². The SMILES string of the molecule is CCOCCCNC(=NC)N(C)Cc1ccc(OC)cc1.I. The van der Waals surface area contributed by atoms with Crippen molar-refractivity contribution in [2.24, 2.45) is 4.99 Å². The molecule has 0 spiro atoms. The van der Waals surface area contributed by atoms with Crippen molar-refractivity contribution in [2.45, 2.75) is 19.9 Å². The number of methoxy groups -OCH3 is 1. The first-order chi connectivity index (χ1) is 10.2. The average Bonchev–Trinajstić information content (AvgIpc) is 2.51. The van der Waals surface area contributed by atoms with Crippen LogP contribution in [0, 0.1) is 0 Å². The lowest BCUT2D eigenvalue weighted by Crippen LogP contribution is -2.39. The Kier molecular flexibility index (Phi) is 11.9. The van der Waals surface area contributed by atoms with Gasteiger partial charge in [-0.05, 0) is 31.0 Å². The summed E-state index contributed by atoms with van der Waals surface area (Å²) in [6.45, 7) is 5.22. The van der Waals surface area contributed by atoms with Gasteiger partial charge < -0.3 is 19.7 Å². The van der Waals surface area contributed by atoms with E-state index in [0.717, 1.165) is 44.4 Å². The predicted molar refractivity (Wildman–Crippen MR) is 102 cm³/mol. The molecule has 1 aromatic rings. The molecule has 22 heavy (non-hydrogen) atoms. The van der Waals surface area contributed by atoms with Crippen molar-refractivity contribution in [2.75, 3.05) is 41.0 Å². The molecule has 0 amide bonds. The summed E-state index contributed by atoms with van der Waals surface area (Å²) in [5.41, 5.74) is 1.22. The topological polar surface area (TPSA) is 46.1 Å². The zero-order valence-corrected chi connectivity index (χ0v) is 16.3. The molecule has 0 saturated heterocycles. The molecule has 0 aliphatic heterocycles. The number of hydrogen-bond acceptors (Lipinski definition) is 3. The predicted octanol–water partition coefficient (Wildman–Crippen LogP) is 2.75. The monoisotopic (exact) mass is 421 g/mol. The Hall–Kier alpha value is -1.02. The van der Waals surface area contributed by atoms with Crippen molar-refractivity contribution in [3.63, 3.8) is 0 Å². The largest absolute Gasteiger partial charge is 0.497 e. The van der Waals surface area contributed by atoms with Crippen molar-refractivity contribution in [3.8, 4) is 5.75 Å². The smallest absolute Gasteiger partial charge is 0.193 e. The van der Waals surface area contributed by atoms with Crippen LogP contribution in [0.15, 0.2) is 29.3 Å². The van der Waals surface area contributed by atoms with E-state index in [0.29, 0.717) is 0 Å². The lowest BCUT2D eigenvalue weighted by atomic mass is 10.2. The summed E-state index contributed by atoms with van der Waals surface area (Å²) in [5, 5.41) is 3.34. The number of rotatable bonds is 8. The lowest BCUT2D eigenvalue weighted by Gasteiger charge is -2.22. The fourth-order valence-corrected chi connectivity index (χ4v) is 1.98. The minimum absolute atomic E-state index is 0. The third-order valence-corrected chi connectivity index (χ3v) is 3.10. The minimum Gasteiger partial charge on any atom is -0.497 e. The molecule has 5 nitrogen and oxygen atoms in total. The maximum Gasteiger partial charge on any atom is 0.193 e. The summed E-state index contributed by atoms with van der Waals surface area (Å²) in [6.07, 6.45) is 0.975. The highest BCUT2D eigenvalue weighted by atomic mass is 127. The van der Waals surface area contributed by atoms with Crippen molar-refractivity contribution < 1.29 is 9.47 Å². The number of nitrogens with one attached hydrogen (secondary N) is 1. The number of benzene rings is 1. The first kappa shape index (κ1) is 21.0. The molecule has 1 rings (SSSR count). The quantitative estimate of drug-likeness (QED) is 0.304. The summed E-state index contributed by atoms with van der Waals surface area (Å²) in [6, 6.07) is 8.08. The Balaban J connectivity index is 0.00000441. The molecule has 0 aromatic heterocycles. The first-order valence-electron chi connectivity index (χ1n) is 7.33. The van der Waals surface area contributed by atoms with Gasteiger partial charge in [-0.15, -0.1) is 24.0 Å². The molecular weight excluding hydrogens is 393 g/mol. The number of nitrogens with zero attached hydrogens (tertiary/aromatic N) is 2. The Bertz CT molecular complexity index is 424. The molecule has 0 heterocycles. The van der Waals surface area contributed by atoms with E-state index >= 15 is 0 Å². The molecule has 0 aliphatic carbocycles. The van der Waals surface area contributed by atoms with Gasteiger partial charge in [-0.25, -0.2) is 0 Å². The van der Waals surface area contributed by atoms with E-state index in [1.165, 1.54) is 5.56 Å². The first-order valence-corrected chi connectivity index (χ1v) is 7.33. The van der Waals surface area contributed by atoms with Gasteiger partial charge in [0.15, 0.2) is 5.96 Å². The Morgan fingerprint density at radius 1 is 1.27 bits per heavy atom. The van der Waals surface area contributed by atoms with E-state index < -0.39 is 0 Å². The van der Waals surface area contributed by atoms with Crippen molar-refractivity contribution in [1.82, 2.24) is 10.2 Å². The third kappa shape index (κ3) is 7.84. The van der Waals surface area contributed by atoms with Gasteiger partial charge in [-0.1, -0.05) is 12.1 Å². The van der Waals surface area contributed by atoms with Crippen LogP contribution < -0.4 is 10.1 Å². The number of halogens is 1. The molecule has 0 unspecified atom stereocenters. The lowest BCUT2D eigenvalue weighted by molar-refractivity contribution is 0.145. The second-order valence-electron chi connectivity index (χ2n) is 4.73. The minimum atomic E-state index is 0. The number of hydrogen-bond donors (Lipinski definition) is 1. The zero-order valence-electron chi connectivity index (χ0n) is 14.0. The van der Waals surface area contributed by atoms with Gasteiger partial charge in [0, 0.05) is 40.4 Å². The van der Waals surface area contributed by atoms with Crippen LogP contribution in [0.5, 0.6) is 5.75 Å². The van der Waals surface area contributed by atoms with Gasteiger partial charge in [0.2, 0.25) is 0 Å². The van der Waals surface area contributed by atoms with E-state index in [4.69, 9.17) is 9.47 Å². The summed E-state index contributed by atoms with van der Waals surface area (Å²) in [5.74, 6) is 1.77. The van der Waals surface area contributed by atoms with Crippen molar-refractivity contribution in [1.29, 1.82) is 0 Å². The van der Waals surface area contributed by atoms with E-state index in [1.807, 2.05) is 26.1 Å². The van der Waals surface area contributed by atoms with Gasteiger partial charge in [-0.3, -0.25) is 4.99 Å².